The molecule has 0 aliphatic rings. The highest BCUT2D eigenvalue weighted by Gasteiger charge is 2.24. The molecule has 0 saturated heterocycles. The van der Waals surface area contributed by atoms with Gasteiger partial charge in [-0.3, -0.25) is 9.59 Å². The molecular weight excluding hydrogens is 312 g/mol. The van der Waals surface area contributed by atoms with Crippen molar-refractivity contribution in [2.75, 3.05) is 6.61 Å². The molecule has 3 heteroatoms. The quantitative estimate of drug-likeness (QED) is 0.501. The number of ether oxygens (including phenoxy) is 1. The molecule has 0 spiro atoms. The summed E-state index contributed by atoms with van der Waals surface area (Å²) in [4.78, 5) is 24.9. The summed E-state index contributed by atoms with van der Waals surface area (Å²) < 4.78 is 5.34. The zero-order chi connectivity index (χ0) is 17.5. The van der Waals surface area contributed by atoms with Crippen molar-refractivity contribution in [3.8, 4) is 0 Å². The van der Waals surface area contributed by atoms with Crippen molar-refractivity contribution in [2.45, 2.75) is 5.92 Å². The first kappa shape index (κ1) is 16.7. The van der Waals surface area contributed by atoms with Gasteiger partial charge in [-0.1, -0.05) is 91.0 Å². The molecule has 3 rings (SSSR count). The molecule has 0 fully saturated rings. The number of ketones is 1. The first-order valence-corrected chi connectivity index (χ1v) is 8.10. The highest BCUT2D eigenvalue weighted by atomic mass is 16.5. The van der Waals surface area contributed by atoms with E-state index in [1.165, 1.54) is 0 Å². The van der Waals surface area contributed by atoms with Gasteiger partial charge >= 0.3 is 5.97 Å². The van der Waals surface area contributed by atoms with Gasteiger partial charge in [0.05, 0.1) is 0 Å². The first-order chi connectivity index (χ1) is 12.3. The number of rotatable bonds is 6. The zero-order valence-electron chi connectivity index (χ0n) is 13.7. The second kappa shape index (κ2) is 8.06. The van der Waals surface area contributed by atoms with E-state index in [1.807, 2.05) is 66.7 Å². The van der Waals surface area contributed by atoms with Gasteiger partial charge in [0.1, 0.15) is 5.92 Å². The van der Waals surface area contributed by atoms with Gasteiger partial charge in [0.15, 0.2) is 12.4 Å². The fourth-order valence-corrected chi connectivity index (χ4v) is 2.68. The third-order valence-electron chi connectivity index (χ3n) is 3.94. The van der Waals surface area contributed by atoms with Gasteiger partial charge in [0.25, 0.3) is 0 Å². The smallest absolute Gasteiger partial charge is 0.318 e. The molecular formula is C22H18O3. The van der Waals surface area contributed by atoms with Crippen LogP contribution in [0.3, 0.4) is 0 Å². The summed E-state index contributed by atoms with van der Waals surface area (Å²) in [5.74, 6) is -1.19. The summed E-state index contributed by atoms with van der Waals surface area (Å²) in [5, 5.41) is 0. The zero-order valence-corrected chi connectivity index (χ0v) is 13.7. The molecule has 0 bridgehead atoms. The SMILES string of the molecule is O=C(COC(=O)C(c1ccccc1)c1ccccc1)c1ccccc1. The van der Waals surface area contributed by atoms with Crippen LogP contribution < -0.4 is 0 Å². The van der Waals surface area contributed by atoms with Crippen LogP contribution in [0.15, 0.2) is 91.0 Å². The van der Waals surface area contributed by atoms with Crippen molar-refractivity contribution < 1.29 is 14.3 Å². The average molecular weight is 330 g/mol. The van der Waals surface area contributed by atoms with Gasteiger partial charge in [-0.25, -0.2) is 0 Å². The predicted molar refractivity (Wildman–Crippen MR) is 96.5 cm³/mol. The van der Waals surface area contributed by atoms with Crippen LogP contribution in [0.25, 0.3) is 0 Å². The molecule has 0 aliphatic heterocycles. The van der Waals surface area contributed by atoms with Crippen molar-refractivity contribution in [3.05, 3.63) is 108 Å². The Hall–Kier alpha value is -3.20. The van der Waals surface area contributed by atoms with Gasteiger partial charge in [-0.15, -0.1) is 0 Å². The van der Waals surface area contributed by atoms with Crippen molar-refractivity contribution in [1.29, 1.82) is 0 Å². The summed E-state index contributed by atoms with van der Waals surface area (Å²) in [6.07, 6.45) is 0. The number of hydrogen-bond donors (Lipinski definition) is 0. The van der Waals surface area contributed by atoms with Crippen molar-refractivity contribution in [2.24, 2.45) is 0 Å². The first-order valence-electron chi connectivity index (χ1n) is 8.10. The lowest BCUT2D eigenvalue weighted by Gasteiger charge is -2.16. The van der Waals surface area contributed by atoms with Crippen LogP contribution in [-0.4, -0.2) is 18.4 Å². The van der Waals surface area contributed by atoms with Crippen molar-refractivity contribution in [1.82, 2.24) is 0 Å². The minimum atomic E-state index is -0.550. The van der Waals surface area contributed by atoms with Gasteiger partial charge in [0, 0.05) is 5.56 Å². The normalized spacial score (nSPS) is 10.4. The molecule has 0 amide bonds. The topological polar surface area (TPSA) is 43.4 Å². The number of benzene rings is 3. The van der Waals surface area contributed by atoms with Crippen molar-refractivity contribution >= 4 is 11.8 Å². The molecule has 0 atom stereocenters. The maximum atomic E-state index is 12.7. The molecule has 0 saturated carbocycles. The van der Waals surface area contributed by atoms with E-state index >= 15 is 0 Å². The number of hydrogen-bond acceptors (Lipinski definition) is 3. The molecule has 0 radical (unpaired) electrons. The van der Waals surface area contributed by atoms with E-state index in [0.717, 1.165) is 11.1 Å². The third-order valence-corrected chi connectivity index (χ3v) is 3.94. The van der Waals surface area contributed by atoms with Crippen molar-refractivity contribution in [3.63, 3.8) is 0 Å². The second-order valence-electron chi connectivity index (χ2n) is 5.65. The Bertz CT molecular complexity index is 787. The third kappa shape index (κ3) is 4.21. The Labute approximate surface area is 146 Å². The van der Waals surface area contributed by atoms with Crippen LogP contribution in [0.2, 0.25) is 0 Å². The lowest BCUT2D eigenvalue weighted by atomic mass is 9.91. The average Bonchev–Trinajstić information content (AvgIpc) is 2.69. The number of carbonyl (C=O) groups excluding carboxylic acids is 2. The molecule has 0 heterocycles. The summed E-state index contributed by atoms with van der Waals surface area (Å²) in [7, 11) is 0. The fraction of sp³-hybridized carbons (Fsp3) is 0.0909. The Kier molecular flexibility index (Phi) is 5.37. The van der Waals surface area contributed by atoms with E-state index < -0.39 is 11.9 Å². The maximum absolute atomic E-state index is 12.7. The maximum Gasteiger partial charge on any atom is 0.318 e. The predicted octanol–water partition coefficient (Wildman–Crippen LogP) is 4.24. The number of Topliss-reactive ketones (excluding diaryl/α,β-unsaturated/α-hetero) is 1. The monoisotopic (exact) mass is 330 g/mol. The minimum absolute atomic E-state index is 0.214. The highest BCUT2D eigenvalue weighted by Crippen LogP contribution is 2.26. The van der Waals surface area contributed by atoms with Crippen LogP contribution in [0, 0.1) is 0 Å². The van der Waals surface area contributed by atoms with E-state index in [4.69, 9.17) is 4.74 Å². The fourth-order valence-electron chi connectivity index (χ4n) is 2.68. The lowest BCUT2D eigenvalue weighted by Crippen LogP contribution is -2.21. The van der Waals surface area contributed by atoms with Gasteiger partial charge in [-0.2, -0.15) is 0 Å². The van der Waals surface area contributed by atoms with Crippen LogP contribution >= 0.6 is 0 Å². The Balaban J connectivity index is 1.77. The Morgan fingerprint density at radius 3 is 1.60 bits per heavy atom. The number of carbonyl (C=O) groups is 2. The van der Waals surface area contributed by atoms with E-state index in [0.29, 0.717) is 5.56 Å². The van der Waals surface area contributed by atoms with Crippen LogP contribution in [0.5, 0.6) is 0 Å². The molecule has 0 N–H and O–H groups in total. The molecule has 3 aromatic carbocycles. The summed E-state index contributed by atoms with van der Waals surface area (Å²) in [6.45, 7) is -0.265. The molecule has 124 valence electrons. The van der Waals surface area contributed by atoms with Gasteiger partial charge < -0.3 is 4.74 Å². The molecule has 0 unspecified atom stereocenters. The summed E-state index contributed by atoms with van der Waals surface area (Å²) >= 11 is 0. The number of esters is 1. The van der Waals surface area contributed by atoms with E-state index in [-0.39, 0.29) is 12.4 Å². The lowest BCUT2D eigenvalue weighted by molar-refractivity contribution is -0.143. The highest BCUT2D eigenvalue weighted by molar-refractivity contribution is 5.98. The van der Waals surface area contributed by atoms with Crippen LogP contribution in [0.1, 0.15) is 27.4 Å². The molecule has 25 heavy (non-hydrogen) atoms. The molecule has 0 aromatic heterocycles. The second-order valence-corrected chi connectivity index (χ2v) is 5.65. The van der Waals surface area contributed by atoms with E-state index in [2.05, 4.69) is 0 Å². The van der Waals surface area contributed by atoms with Crippen LogP contribution in [0.4, 0.5) is 0 Å². The molecule has 0 aliphatic carbocycles. The van der Waals surface area contributed by atoms with E-state index in [1.54, 1.807) is 24.3 Å². The Morgan fingerprint density at radius 1 is 0.680 bits per heavy atom. The molecule has 3 nitrogen and oxygen atoms in total. The van der Waals surface area contributed by atoms with Gasteiger partial charge in [0.2, 0.25) is 0 Å². The van der Waals surface area contributed by atoms with Gasteiger partial charge in [-0.05, 0) is 11.1 Å². The minimum Gasteiger partial charge on any atom is -0.457 e. The Morgan fingerprint density at radius 2 is 1.12 bits per heavy atom. The standard InChI is InChI=1S/C22H18O3/c23-20(17-10-4-1-5-11-17)16-25-22(24)21(18-12-6-2-7-13-18)19-14-8-3-9-15-19/h1-15,21H,16H2. The molecule has 3 aromatic rings. The summed E-state index contributed by atoms with van der Waals surface area (Å²) in [5.41, 5.74) is 2.21. The van der Waals surface area contributed by atoms with E-state index in [9.17, 15) is 9.59 Å². The summed E-state index contributed by atoms with van der Waals surface area (Å²) in [6, 6.07) is 27.7. The van der Waals surface area contributed by atoms with Crippen LogP contribution in [-0.2, 0) is 9.53 Å². The largest absolute Gasteiger partial charge is 0.457 e.